The molecule has 0 fully saturated rings. The number of hydrazine groups is 1. The number of alkyl halides is 3. The predicted octanol–water partition coefficient (Wildman–Crippen LogP) is 0.926. The molecule has 1 heterocycles. The van der Waals surface area contributed by atoms with Gasteiger partial charge in [0.05, 0.1) is 6.61 Å². The summed E-state index contributed by atoms with van der Waals surface area (Å²) in [6.45, 7) is -0.608. The summed E-state index contributed by atoms with van der Waals surface area (Å²) in [4.78, 5) is 16.8. The van der Waals surface area contributed by atoms with Crippen LogP contribution in [0.5, 0.6) is 0 Å². The second-order valence-electron chi connectivity index (χ2n) is 4.30. The summed E-state index contributed by atoms with van der Waals surface area (Å²) in [6, 6.07) is 2.67. The predicted molar refractivity (Wildman–Crippen MR) is 70.5 cm³/mol. The second kappa shape index (κ2) is 7.23. The van der Waals surface area contributed by atoms with E-state index in [4.69, 9.17) is 10.9 Å². The Hall–Kier alpha value is -1.87. The standard InChI is InChI=1S/C12H17F3N4O2/c1-2-9-5-8(6-10(17-9)18-16)11(21)19(3-4-20)7-12(13,14)15/h5-6,20H,2-4,7,16H2,1H3,(H,17,18). The van der Waals surface area contributed by atoms with Crippen LogP contribution in [-0.2, 0) is 6.42 Å². The molecule has 1 aromatic heterocycles. The number of carbonyl (C=O) groups is 1. The van der Waals surface area contributed by atoms with Crippen molar-refractivity contribution in [2.75, 3.05) is 25.1 Å². The van der Waals surface area contributed by atoms with Crippen molar-refractivity contribution in [3.8, 4) is 0 Å². The Morgan fingerprint density at radius 1 is 1.48 bits per heavy atom. The van der Waals surface area contributed by atoms with E-state index in [0.29, 0.717) is 17.0 Å². The minimum absolute atomic E-state index is 0.0347. The summed E-state index contributed by atoms with van der Waals surface area (Å²) < 4.78 is 37.4. The number of nitrogen functional groups attached to an aromatic ring is 1. The fourth-order valence-corrected chi connectivity index (χ4v) is 1.74. The molecule has 0 atom stereocenters. The number of pyridine rings is 1. The summed E-state index contributed by atoms with van der Waals surface area (Å²) in [5.74, 6) is 4.57. The highest BCUT2D eigenvalue weighted by Crippen LogP contribution is 2.19. The number of carbonyl (C=O) groups excluding carboxylic acids is 1. The van der Waals surface area contributed by atoms with Crippen LogP contribution in [0.15, 0.2) is 12.1 Å². The summed E-state index contributed by atoms with van der Waals surface area (Å²) >= 11 is 0. The van der Waals surface area contributed by atoms with Gasteiger partial charge in [0.1, 0.15) is 12.4 Å². The van der Waals surface area contributed by atoms with E-state index in [1.807, 2.05) is 0 Å². The molecule has 1 rings (SSSR count). The summed E-state index contributed by atoms with van der Waals surface area (Å²) in [5, 5.41) is 8.82. The van der Waals surface area contributed by atoms with Gasteiger partial charge in [0.2, 0.25) is 0 Å². The summed E-state index contributed by atoms with van der Waals surface area (Å²) in [6.07, 6.45) is -4.05. The van der Waals surface area contributed by atoms with Gasteiger partial charge in [-0.2, -0.15) is 13.2 Å². The normalized spacial score (nSPS) is 11.3. The number of anilines is 1. The molecule has 0 bridgehead atoms. The van der Waals surface area contributed by atoms with E-state index in [2.05, 4.69) is 10.4 Å². The molecule has 0 aliphatic carbocycles. The smallest absolute Gasteiger partial charge is 0.395 e. The van der Waals surface area contributed by atoms with Crippen molar-refractivity contribution in [1.82, 2.24) is 9.88 Å². The average molecular weight is 306 g/mol. The van der Waals surface area contributed by atoms with Crippen LogP contribution in [0.3, 0.4) is 0 Å². The number of aromatic nitrogens is 1. The van der Waals surface area contributed by atoms with E-state index in [9.17, 15) is 18.0 Å². The van der Waals surface area contributed by atoms with Gasteiger partial charge < -0.3 is 15.4 Å². The fourth-order valence-electron chi connectivity index (χ4n) is 1.74. The number of nitrogens with one attached hydrogen (secondary N) is 1. The van der Waals surface area contributed by atoms with E-state index >= 15 is 0 Å². The van der Waals surface area contributed by atoms with Gasteiger partial charge in [-0.25, -0.2) is 10.8 Å². The quantitative estimate of drug-likeness (QED) is 0.537. The molecule has 1 aromatic rings. The van der Waals surface area contributed by atoms with Gasteiger partial charge in [-0.3, -0.25) is 4.79 Å². The topological polar surface area (TPSA) is 91.5 Å². The molecular weight excluding hydrogens is 289 g/mol. The van der Waals surface area contributed by atoms with Crippen molar-refractivity contribution < 1.29 is 23.1 Å². The lowest BCUT2D eigenvalue weighted by atomic mass is 10.1. The zero-order chi connectivity index (χ0) is 16.0. The maximum absolute atomic E-state index is 12.5. The molecule has 0 saturated carbocycles. The van der Waals surface area contributed by atoms with E-state index in [0.717, 1.165) is 0 Å². The molecule has 0 saturated heterocycles. The minimum Gasteiger partial charge on any atom is -0.395 e. The van der Waals surface area contributed by atoms with Gasteiger partial charge in [0, 0.05) is 17.8 Å². The number of hydrogen-bond donors (Lipinski definition) is 3. The number of hydrogen-bond acceptors (Lipinski definition) is 5. The van der Waals surface area contributed by atoms with Crippen molar-refractivity contribution in [2.24, 2.45) is 5.84 Å². The SMILES string of the molecule is CCc1cc(C(=O)N(CCO)CC(F)(F)F)cc(NN)n1. The third kappa shape index (κ3) is 5.20. The van der Waals surface area contributed by atoms with Crippen molar-refractivity contribution in [1.29, 1.82) is 0 Å². The molecule has 6 nitrogen and oxygen atoms in total. The van der Waals surface area contributed by atoms with Crippen molar-refractivity contribution in [3.63, 3.8) is 0 Å². The van der Waals surface area contributed by atoms with Crippen LogP contribution < -0.4 is 11.3 Å². The maximum Gasteiger partial charge on any atom is 0.406 e. The zero-order valence-electron chi connectivity index (χ0n) is 11.4. The van der Waals surface area contributed by atoms with Crippen LogP contribution in [0.2, 0.25) is 0 Å². The molecular formula is C12H17F3N4O2. The second-order valence-corrected chi connectivity index (χ2v) is 4.30. The van der Waals surface area contributed by atoms with E-state index < -0.39 is 31.8 Å². The van der Waals surface area contributed by atoms with Crippen LogP contribution in [0.25, 0.3) is 0 Å². The van der Waals surface area contributed by atoms with Gasteiger partial charge >= 0.3 is 6.18 Å². The van der Waals surface area contributed by atoms with Gasteiger partial charge in [-0.1, -0.05) is 6.92 Å². The summed E-state index contributed by atoms with van der Waals surface area (Å²) in [7, 11) is 0. The number of aryl methyl sites for hydroxylation is 1. The first-order valence-corrected chi connectivity index (χ1v) is 6.25. The third-order valence-corrected chi connectivity index (χ3v) is 2.66. The average Bonchev–Trinajstić information content (AvgIpc) is 2.44. The Kier molecular flexibility index (Phi) is 5.91. The summed E-state index contributed by atoms with van der Waals surface area (Å²) in [5.41, 5.74) is 2.82. The molecule has 0 aromatic carbocycles. The zero-order valence-corrected chi connectivity index (χ0v) is 11.4. The molecule has 0 unspecified atom stereocenters. The van der Waals surface area contributed by atoms with E-state index in [1.54, 1.807) is 6.92 Å². The number of rotatable bonds is 6. The maximum atomic E-state index is 12.5. The van der Waals surface area contributed by atoms with E-state index in [-0.39, 0.29) is 11.4 Å². The largest absolute Gasteiger partial charge is 0.406 e. The molecule has 0 radical (unpaired) electrons. The first kappa shape index (κ1) is 17.2. The minimum atomic E-state index is -4.54. The van der Waals surface area contributed by atoms with Gasteiger partial charge in [0.15, 0.2) is 0 Å². The molecule has 118 valence electrons. The fraction of sp³-hybridized carbons (Fsp3) is 0.500. The molecule has 0 spiro atoms. The molecule has 0 aliphatic heterocycles. The van der Waals surface area contributed by atoms with Crippen molar-refractivity contribution >= 4 is 11.7 Å². The number of nitrogens with two attached hydrogens (primary N) is 1. The first-order chi connectivity index (χ1) is 9.80. The van der Waals surface area contributed by atoms with Gasteiger partial charge in [0.25, 0.3) is 5.91 Å². The Morgan fingerprint density at radius 3 is 2.62 bits per heavy atom. The van der Waals surface area contributed by atoms with Crippen LogP contribution in [0.1, 0.15) is 23.0 Å². The Balaban J connectivity index is 3.07. The molecule has 9 heteroatoms. The Bertz CT molecular complexity index is 472. The van der Waals surface area contributed by atoms with Crippen molar-refractivity contribution in [3.05, 3.63) is 23.4 Å². The van der Waals surface area contributed by atoms with Crippen LogP contribution in [0, 0.1) is 0 Å². The molecule has 4 N–H and O–H groups in total. The highest BCUT2D eigenvalue weighted by Gasteiger charge is 2.33. The van der Waals surface area contributed by atoms with Crippen molar-refractivity contribution in [2.45, 2.75) is 19.5 Å². The number of nitrogens with zero attached hydrogens (tertiary/aromatic N) is 2. The highest BCUT2D eigenvalue weighted by molar-refractivity contribution is 5.95. The Labute approximate surface area is 119 Å². The van der Waals surface area contributed by atoms with Crippen LogP contribution >= 0.6 is 0 Å². The van der Waals surface area contributed by atoms with Gasteiger partial charge in [-0.15, -0.1) is 0 Å². The molecule has 21 heavy (non-hydrogen) atoms. The first-order valence-electron chi connectivity index (χ1n) is 6.25. The number of halogens is 3. The third-order valence-electron chi connectivity index (χ3n) is 2.66. The molecule has 0 aliphatic rings. The van der Waals surface area contributed by atoms with Gasteiger partial charge in [-0.05, 0) is 18.6 Å². The number of aliphatic hydroxyl groups excluding tert-OH is 1. The highest BCUT2D eigenvalue weighted by atomic mass is 19.4. The number of aliphatic hydroxyl groups is 1. The van der Waals surface area contributed by atoms with Crippen LogP contribution in [0.4, 0.5) is 19.0 Å². The monoisotopic (exact) mass is 306 g/mol. The van der Waals surface area contributed by atoms with Crippen LogP contribution in [-0.4, -0.2) is 46.8 Å². The number of amides is 1. The van der Waals surface area contributed by atoms with E-state index in [1.165, 1.54) is 12.1 Å². The lowest BCUT2D eigenvalue weighted by Gasteiger charge is -2.23. The lowest BCUT2D eigenvalue weighted by molar-refractivity contribution is -0.141. The Morgan fingerprint density at radius 2 is 2.14 bits per heavy atom. The molecule has 1 amide bonds. The lowest BCUT2D eigenvalue weighted by Crippen LogP contribution is -2.40.